The van der Waals surface area contributed by atoms with Crippen molar-refractivity contribution in [2.75, 3.05) is 11.5 Å². The number of carbonyl (C=O) groups is 1. The lowest BCUT2D eigenvalue weighted by Crippen LogP contribution is -2.35. The Balaban J connectivity index is 2.03. The lowest BCUT2D eigenvalue weighted by atomic mass is 10.2. The average Bonchev–Trinajstić information content (AvgIpc) is 2.71. The van der Waals surface area contributed by atoms with Crippen molar-refractivity contribution in [2.24, 2.45) is 7.05 Å². The van der Waals surface area contributed by atoms with Gasteiger partial charge in [-0.15, -0.1) is 0 Å². The van der Waals surface area contributed by atoms with Crippen LogP contribution in [0.2, 0.25) is 0 Å². The van der Waals surface area contributed by atoms with E-state index in [-0.39, 0.29) is 23.5 Å². The number of carbonyl (C=O) groups excluding carboxylic acids is 1. The van der Waals surface area contributed by atoms with Crippen LogP contribution in [-0.4, -0.2) is 41.7 Å². The van der Waals surface area contributed by atoms with Gasteiger partial charge in [-0.2, -0.15) is 5.10 Å². The van der Waals surface area contributed by atoms with Crippen LogP contribution in [0.5, 0.6) is 0 Å². The van der Waals surface area contributed by atoms with E-state index in [1.54, 1.807) is 17.8 Å². The summed E-state index contributed by atoms with van der Waals surface area (Å²) in [5.41, 5.74) is 1.21. The monoisotopic (exact) mass is 257 g/mol. The normalized spacial score (nSPS) is 22.6. The Morgan fingerprint density at radius 2 is 2.29 bits per heavy atom. The minimum absolute atomic E-state index is 0.0323. The predicted octanol–water partition coefficient (Wildman–Crippen LogP) is -0.355. The standard InChI is InChI=1S/C10H15N3O3S/c1-7-5-9(12-13(7)2)10(14)11-8-3-4-17(15,16)6-8/h5,8H,3-4,6H2,1-2H3,(H,11,14). The molecule has 0 bridgehead atoms. The molecule has 1 amide bonds. The Labute approximate surface area is 99.9 Å². The molecule has 1 aromatic heterocycles. The third-order valence-electron chi connectivity index (χ3n) is 2.91. The number of hydrogen-bond donors (Lipinski definition) is 1. The third-order valence-corrected chi connectivity index (χ3v) is 4.68. The highest BCUT2D eigenvalue weighted by atomic mass is 32.2. The Bertz CT molecular complexity index is 528. The molecule has 0 spiro atoms. The van der Waals surface area contributed by atoms with E-state index < -0.39 is 9.84 Å². The Morgan fingerprint density at radius 1 is 1.59 bits per heavy atom. The van der Waals surface area contributed by atoms with E-state index in [2.05, 4.69) is 10.4 Å². The molecular formula is C10H15N3O3S. The smallest absolute Gasteiger partial charge is 0.272 e. The zero-order valence-corrected chi connectivity index (χ0v) is 10.6. The maximum Gasteiger partial charge on any atom is 0.272 e. The van der Waals surface area contributed by atoms with Crippen molar-refractivity contribution in [3.8, 4) is 0 Å². The van der Waals surface area contributed by atoms with Gasteiger partial charge >= 0.3 is 0 Å². The van der Waals surface area contributed by atoms with Gasteiger partial charge in [0.15, 0.2) is 9.84 Å². The predicted molar refractivity (Wildman–Crippen MR) is 62.5 cm³/mol. The topological polar surface area (TPSA) is 81.1 Å². The van der Waals surface area contributed by atoms with E-state index in [1.807, 2.05) is 6.92 Å². The molecule has 1 atom stereocenters. The summed E-state index contributed by atoms with van der Waals surface area (Å²) in [7, 11) is -1.21. The number of rotatable bonds is 2. The first kappa shape index (κ1) is 12.1. The fraction of sp³-hybridized carbons (Fsp3) is 0.600. The first-order chi connectivity index (χ1) is 7.87. The molecule has 1 aliphatic rings. The van der Waals surface area contributed by atoms with E-state index in [0.29, 0.717) is 12.1 Å². The summed E-state index contributed by atoms with van der Waals surface area (Å²) in [6, 6.07) is 1.40. The lowest BCUT2D eigenvalue weighted by molar-refractivity contribution is 0.0935. The summed E-state index contributed by atoms with van der Waals surface area (Å²) in [5.74, 6) is -0.125. The van der Waals surface area contributed by atoms with Crippen LogP contribution in [-0.2, 0) is 16.9 Å². The molecule has 0 aliphatic carbocycles. The second kappa shape index (κ2) is 4.14. The molecule has 6 nitrogen and oxygen atoms in total. The van der Waals surface area contributed by atoms with Crippen LogP contribution in [0.15, 0.2) is 6.07 Å². The molecule has 1 N–H and O–H groups in total. The first-order valence-corrected chi connectivity index (χ1v) is 7.21. The van der Waals surface area contributed by atoms with Gasteiger partial charge in [-0.3, -0.25) is 9.48 Å². The summed E-state index contributed by atoms with van der Waals surface area (Å²) in [6.07, 6.45) is 0.486. The second-order valence-corrected chi connectivity index (χ2v) is 6.60. The van der Waals surface area contributed by atoms with E-state index in [1.165, 1.54) is 0 Å². The molecular weight excluding hydrogens is 242 g/mol. The van der Waals surface area contributed by atoms with Crippen LogP contribution in [0, 0.1) is 6.92 Å². The quantitative estimate of drug-likeness (QED) is 0.785. The van der Waals surface area contributed by atoms with Crippen molar-refractivity contribution in [3.05, 3.63) is 17.5 Å². The number of amides is 1. The van der Waals surface area contributed by atoms with Crippen LogP contribution in [0.3, 0.4) is 0 Å². The van der Waals surface area contributed by atoms with Crippen molar-refractivity contribution in [2.45, 2.75) is 19.4 Å². The summed E-state index contributed by atoms with van der Waals surface area (Å²) in [6.45, 7) is 1.85. The Morgan fingerprint density at radius 3 is 2.76 bits per heavy atom. The highest BCUT2D eigenvalue weighted by Gasteiger charge is 2.29. The summed E-state index contributed by atoms with van der Waals surface area (Å²) in [5, 5.41) is 6.74. The van der Waals surface area contributed by atoms with Gasteiger partial charge in [0.25, 0.3) is 5.91 Å². The van der Waals surface area contributed by atoms with Gasteiger partial charge in [0.1, 0.15) is 5.69 Å². The number of aryl methyl sites for hydroxylation is 2. The van der Waals surface area contributed by atoms with Gasteiger partial charge in [-0.25, -0.2) is 8.42 Å². The molecule has 94 valence electrons. The first-order valence-electron chi connectivity index (χ1n) is 5.39. The summed E-state index contributed by atoms with van der Waals surface area (Å²) >= 11 is 0. The van der Waals surface area contributed by atoms with Crippen molar-refractivity contribution >= 4 is 15.7 Å². The maximum atomic E-state index is 11.8. The SMILES string of the molecule is Cc1cc(C(=O)NC2CCS(=O)(=O)C2)nn1C. The van der Waals surface area contributed by atoms with Crippen molar-refractivity contribution in [1.82, 2.24) is 15.1 Å². The molecule has 2 heterocycles. The molecule has 1 aromatic rings. The highest BCUT2D eigenvalue weighted by molar-refractivity contribution is 7.91. The van der Waals surface area contributed by atoms with Crippen molar-refractivity contribution in [3.63, 3.8) is 0 Å². The fourth-order valence-electron chi connectivity index (χ4n) is 1.84. The summed E-state index contributed by atoms with van der Waals surface area (Å²) in [4.78, 5) is 11.8. The van der Waals surface area contributed by atoms with Crippen LogP contribution >= 0.6 is 0 Å². The number of nitrogens with one attached hydrogen (secondary N) is 1. The Kier molecular flexibility index (Phi) is 2.94. The largest absolute Gasteiger partial charge is 0.347 e. The zero-order chi connectivity index (χ0) is 12.6. The lowest BCUT2D eigenvalue weighted by Gasteiger charge is -2.08. The van der Waals surface area contributed by atoms with Crippen molar-refractivity contribution in [1.29, 1.82) is 0 Å². The van der Waals surface area contributed by atoms with E-state index in [4.69, 9.17) is 0 Å². The molecule has 17 heavy (non-hydrogen) atoms. The van der Waals surface area contributed by atoms with Gasteiger partial charge in [-0.05, 0) is 19.4 Å². The van der Waals surface area contributed by atoms with Gasteiger partial charge in [0, 0.05) is 18.8 Å². The minimum Gasteiger partial charge on any atom is -0.347 e. The third kappa shape index (κ3) is 2.66. The molecule has 2 rings (SSSR count). The van der Waals surface area contributed by atoms with E-state index in [0.717, 1.165) is 5.69 Å². The molecule has 1 fully saturated rings. The van der Waals surface area contributed by atoms with Gasteiger partial charge in [0.05, 0.1) is 11.5 Å². The molecule has 7 heteroatoms. The van der Waals surface area contributed by atoms with E-state index >= 15 is 0 Å². The number of nitrogens with zero attached hydrogens (tertiary/aromatic N) is 2. The molecule has 0 saturated carbocycles. The van der Waals surface area contributed by atoms with Gasteiger partial charge in [0.2, 0.25) is 0 Å². The number of aromatic nitrogens is 2. The average molecular weight is 257 g/mol. The van der Waals surface area contributed by atoms with Crippen LogP contribution < -0.4 is 5.32 Å². The maximum absolute atomic E-state index is 11.8. The molecule has 0 aromatic carbocycles. The van der Waals surface area contributed by atoms with E-state index in [9.17, 15) is 13.2 Å². The van der Waals surface area contributed by atoms with Crippen molar-refractivity contribution < 1.29 is 13.2 Å². The Hall–Kier alpha value is -1.37. The van der Waals surface area contributed by atoms with Crippen LogP contribution in [0.4, 0.5) is 0 Å². The molecule has 1 aliphatic heterocycles. The van der Waals surface area contributed by atoms with Crippen LogP contribution in [0.25, 0.3) is 0 Å². The number of sulfone groups is 1. The summed E-state index contributed by atoms with van der Waals surface area (Å²) < 4.78 is 24.1. The molecule has 0 radical (unpaired) electrons. The van der Waals surface area contributed by atoms with Crippen LogP contribution in [0.1, 0.15) is 22.6 Å². The number of hydrogen-bond acceptors (Lipinski definition) is 4. The minimum atomic E-state index is -2.97. The van der Waals surface area contributed by atoms with Gasteiger partial charge < -0.3 is 5.32 Å². The highest BCUT2D eigenvalue weighted by Crippen LogP contribution is 2.12. The molecule has 1 unspecified atom stereocenters. The molecule has 1 saturated heterocycles. The fourth-order valence-corrected chi connectivity index (χ4v) is 3.51. The second-order valence-electron chi connectivity index (χ2n) is 4.37. The van der Waals surface area contributed by atoms with Gasteiger partial charge in [-0.1, -0.05) is 0 Å². The zero-order valence-electron chi connectivity index (χ0n) is 9.80.